The number of benzene rings is 1. The fourth-order valence-electron chi connectivity index (χ4n) is 2.60. The lowest BCUT2D eigenvalue weighted by Gasteiger charge is -2.25. The van der Waals surface area contributed by atoms with E-state index in [-0.39, 0.29) is 0 Å². The van der Waals surface area contributed by atoms with Gasteiger partial charge in [0.1, 0.15) is 0 Å². The third-order valence-corrected chi connectivity index (χ3v) is 3.54. The van der Waals surface area contributed by atoms with E-state index in [1.54, 1.807) is 0 Å². The molecule has 15 heavy (non-hydrogen) atoms. The molecule has 1 aliphatic rings. The molecule has 0 aromatic heterocycles. The monoisotopic (exact) mass is 203 g/mol. The first kappa shape index (κ1) is 10.7. The molecule has 1 aromatic rings. The third-order valence-electron chi connectivity index (χ3n) is 3.54. The van der Waals surface area contributed by atoms with Gasteiger partial charge in [0.25, 0.3) is 0 Å². The predicted molar refractivity (Wildman–Crippen MR) is 65.2 cm³/mol. The van der Waals surface area contributed by atoms with E-state index in [1.807, 2.05) is 0 Å². The molecule has 1 atom stereocenters. The van der Waals surface area contributed by atoms with Crippen LogP contribution in [0, 0.1) is 0 Å². The minimum absolute atomic E-state index is 0.339. The van der Waals surface area contributed by atoms with Crippen LogP contribution in [-0.4, -0.2) is 12.1 Å². The molecule has 82 valence electrons. The SMILES string of the molecule is CCc1ccccc1CC1(C)CCCN1. The quantitative estimate of drug-likeness (QED) is 0.796. The van der Waals surface area contributed by atoms with E-state index in [0.717, 1.165) is 6.42 Å². The van der Waals surface area contributed by atoms with Crippen LogP contribution >= 0.6 is 0 Å². The van der Waals surface area contributed by atoms with Crippen LogP contribution in [0.5, 0.6) is 0 Å². The number of aryl methyl sites for hydroxylation is 1. The van der Waals surface area contributed by atoms with Crippen LogP contribution in [0.3, 0.4) is 0 Å². The molecule has 1 heteroatoms. The standard InChI is InChI=1S/C14H21N/c1-3-12-7-4-5-8-13(12)11-14(2)9-6-10-15-14/h4-5,7-8,15H,3,6,9-11H2,1-2H3. The van der Waals surface area contributed by atoms with E-state index in [4.69, 9.17) is 0 Å². The number of hydrogen-bond acceptors (Lipinski definition) is 1. The van der Waals surface area contributed by atoms with E-state index in [2.05, 4.69) is 43.4 Å². The van der Waals surface area contributed by atoms with Gasteiger partial charge in [-0.1, -0.05) is 31.2 Å². The Morgan fingerprint density at radius 2 is 2.00 bits per heavy atom. The predicted octanol–water partition coefficient (Wildman–Crippen LogP) is 2.93. The van der Waals surface area contributed by atoms with Gasteiger partial charge in [0.05, 0.1) is 0 Å². The van der Waals surface area contributed by atoms with Crippen LogP contribution in [-0.2, 0) is 12.8 Å². The third kappa shape index (κ3) is 2.40. The molecule has 1 unspecified atom stereocenters. The van der Waals surface area contributed by atoms with Crippen molar-refractivity contribution in [2.24, 2.45) is 0 Å². The summed E-state index contributed by atoms with van der Waals surface area (Å²) in [6.07, 6.45) is 4.96. The van der Waals surface area contributed by atoms with Crippen LogP contribution in [0.15, 0.2) is 24.3 Å². The first-order chi connectivity index (χ1) is 7.23. The van der Waals surface area contributed by atoms with Gasteiger partial charge in [-0.2, -0.15) is 0 Å². The van der Waals surface area contributed by atoms with Crippen molar-refractivity contribution in [3.05, 3.63) is 35.4 Å². The molecule has 1 aliphatic heterocycles. The Bertz CT molecular complexity index is 324. The lowest BCUT2D eigenvalue weighted by atomic mass is 9.88. The van der Waals surface area contributed by atoms with Gasteiger partial charge in [0, 0.05) is 5.54 Å². The largest absolute Gasteiger partial charge is 0.311 e. The maximum Gasteiger partial charge on any atom is 0.0194 e. The molecule has 0 amide bonds. The molecule has 0 radical (unpaired) electrons. The summed E-state index contributed by atoms with van der Waals surface area (Å²) in [5.41, 5.74) is 3.37. The second-order valence-electron chi connectivity index (χ2n) is 4.89. The summed E-state index contributed by atoms with van der Waals surface area (Å²) >= 11 is 0. The highest BCUT2D eigenvalue weighted by atomic mass is 15.0. The lowest BCUT2D eigenvalue weighted by molar-refractivity contribution is 0.411. The summed E-state index contributed by atoms with van der Waals surface area (Å²) in [5.74, 6) is 0. The Labute approximate surface area is 92.9 Å². The summed E-state index contributed by atoms with van der Waals surface area (Å²) in [7, 11) is 0. The van der Waals surface area contributed by atoms with Crippen LogP contribution in [0.1, 0.15) is 37.8 Å². The second-order valence-corrected chi connectivity index (χ2v) is 4.89. The van der Waals surface area contributed by atoms with Crippen molar-refractivity contribution >= 4 is 0 Å². The average molecular weight is 203 g/mol. The molecule has 1 fully saturated rings. The van der Waals surface area contributed by atoms with Crippen LogP contribution in [0.25, 0.3) is 0 Å². The summed E-state index contributed by atoms with van der Waals surface area (Å²) in [4.78, 5) is 0. The Balaban J connectivity index is 2.16. The van der Waals surface area contributed by atoms with Gasteiger partial charge in [0.2, 0.25) is 0 Å². The van der Waals surface area contributed by atoms with Crippen molar-refractivity contribution in [2.45, 2.75) is 45.1 Å². The molecule has 0 spiro atoms. The highest BCUT2D eigenvalue weighted by molar-refractivity contribution is 5.29. The van der Waals surface area contributed by atoms with E-state index in [9.17, 15) is 0 Å². The number of hydrogen-bond donors (Lipinski definition) is 1. The van der Waals surface area contributed by atoms with Crippen molar-refractivity contribution in [3.63, 3.8) is 0 Å². The normalized spacial score (nSPS) is 25.7. The van der Waals surface area contributed by atoms with Gasteiger partial charge in [0.15, 0.2) is 0 Å². The van der Waals surface area contributed by atoms with Gasteiger partial charge < -0.3 is 5.32 Å². The fourth-order valence-corrected chi connectivity index (χ4v) is 2.60. The maximum absolute atomic E-state index is 3.63. The molecule has 0 bridgehead atoms. The summed E-state index contributed by atoms with van der Waals surface area (Å²) in [6.45, 7) is 5.78. The average Bonchev–Trinajstić information content (AvgIpc) is 2.66. The van der Waals surface area contributed by atoms with Crippen molar-refractivity contribution < 1.29 is 0 Å². The Morgan fingerprint density at radius 3 is 2.60 bits per heavy atom. The summed E-state index contributed by atoms with van der Waals surface area (Å²) in [6, 6.07) is 8.84. The molecular formula is C14H21N. The smallest absolute Gasteiger partial charge is 0.0194 e. The maximum atomic E-state index is 3.63. The van der Waals surface area contributed by atoms with Crippen LogP contribution < -0.4 is 5.32 Å². The lowest BCUT2D eigenvalue weighted by Crippen LogP contribution is -2.38. The van der Waals surface area contributed by atoms with Gasteiger partial charge in [-0.15, -0.1) is 0 Å². The zero-order chi connectivity index (χ0) is 10.7. The molecular weight excluding hydrogens is 182 g/mol. The van der Waals surface area contributed by atoms with E-state index < -0.39 is 0 Å². The fraction of sp³-hybridized carbons (Fsp3) is 0.571. The van der Waals surface area contributed by atoms with Crippen molar-refractivity contribution in [2.75, 3.05) is 6.54 Å². The summed E-state index contributed by atoms with van der Waals surface area (Å²) in [5, 5.41) is 3.63. The highest BCUT2D eigenvalue weighted by Gasteiger charge is 2.28. The Hall–Kier alpha value is -0.820. The van der Waals surface area contributed by atoms with Crippen LogP contribution in [0.2, 0.25) is 0 Å². The topological polar surface area (TPSA) is 12.0 Å². The number of nitrogens with one attached hydrogen (secondary N) is 1. The van der Waals surface area contributed by atoms with Gasteiger partial charge in [-0.3, -0.25) is 0 Å². The van der Waals surface area contributed by atoms with E-state index in [0.29, 0.717) is 5.54 Å². The van der Waals surface area contributed by atoms with Gasteiger partial charge >= 0.3 is 0 Å². The zero-order valence-electron chi connectivity index (χ0n) is 9.84. The van der Waals surface area contributed by atoms with Crippen molar-refractivity contribution in [1.82, 2.24) is 5.32 Å². The van der Waals surface area contributed by atoms with Gasteiger partial charge in [-0.05, 0) is 50.3 Å². The Morgan fingerprint density at radius 1 is 1.27 bits per heavy atom. The van der Waals surface area contributed by atoms with Crippen molar-refractivity contribution in [1.29, 1.82) is 0 Å². The second kappa shape index (κ2) is 4.36. The molecule has 2 rings (SSSR count). The minimum atomic E-state index is 0.339. The van der Waals surface area contributed by atoms with Gasteiger partial charge in [-0.25, -0.2) is 0 Å². The van der Waals surface area contributed by atoms with E-state index in [1.165, 1.54) is 36.9 Å². The molecule has 0 aliphatic carbocycles. The number of rotatable bonds is 3. The zero-order valence-corrected chi connectivity index (χ0v) is 9.84. The molecule has 1 N–H and O–H groups in total. The van der Waals surface area contributed by atoms with Crippen LogP contribution in [0.4, 0.5) is 0 Å². The molecule has 1 nitrogen and oxygen atoms in total. The van der Waals surface area contributed by atoms with Crippen molar-refractivity contribution in [3.8, 4) is 0 Å². The Kier molecular flexibility index (Phi) is 3.11. The molecule has 1 heterocycles. The van der Waals surface area contributed by atoms with E-state index >= 15 is 0 Å². The minimum Gasteiger partial charge on any atom is -0.311 e. The molecule has 1 aromatic carbocycles. The molecule has 1 saturated heterocycles. The first-order valence-corrected chi connectivity index (χ1v) is 6.05. The summed E-state index contributed by atoms with van der Waals surface area (Å²) < 4.78 is 0. The highest BCUT2D eigenvalue weighted by Crippen LogP contribution is 2.25. The molecule has 0 saturated carbocycles. The first-order valence-electron chi connectivity index (χ1n) is 6.05.